The molecule has 5 heteroatoms. The van der Waals surface area contributed by atoms with E-state index >= 15 is 0 Å². The third-order valence-corrected chi connectivity index (χ3v) is 5.31. The average molecular weight is 411 g/mol. The van der Waals surface area contributed by atoms with E-state index in [1.165, 1.54) is 0 Å². The van der Waals surface area contributed by atoms with E-state index in [4.69, 9.17) is 37.6 Å². The summed E-state index contributed by atoms with van der Waals surface area (Å²) >= 11 is 5.32. The van der Waals surface area contributed by atoms with Crippen LogP contribution in [0.1, 0.15) is 30.9 Å². The van der Waals surface area contributed by atoms with Gasteiger partial charge in [-0.3, -0.25) is 0 Å². The minimum atomic E-state index is -0.604. The number of hydrogen-bond acceptors (Lipinski definition) is 5. The van der Waals surface area contributed by atoms with Crippen molar-refractivity contribution in [2.75, 3.05) is 6.61 Å². The normalized spacial score (nSPS) is 23.3. The molecule has 1 heterocycles. The molecule has 0 amide bonds. The molecule has 0 saturated carbocycles. The molecule has 0 N–H and O–H groups in total. The second-order valence-corrected chi connectivity index (χ2v) is 7.48. The first-order valence-electron chi connectivity index (χ1n) is 9.74. The number of benzene rings is 2. The third-order valence-electron chi connectivity index (χ3n) is 5.13. The van der Waals surface area contributed by atoms with Crippen molar-refractivity contribution < 1.29 is 18.9 Å². The molecule has 0 aliphatic carbocycles. The highest BCUT2D eigenvalue weighted by atomic mass is 32.1. The Kier molecular flexibility index (Phi) is 7.27. The zero-order valence-corrected chi connectivity index (χ0v) is 17.6. The lowest BCUT2D eigenvalue weighted by atomic mass is 9.89. The number of ether oxygens (including phenoxy) is 4. The van der Waals surface area contributed by atoms with Crippen LogP contribution in [0.2, 0.25) is 0 Å². The van der Waals surface area contributed by atoms with E-state index in [9.17, 15) is 0 Å². The van der Waals surface area contributed by atoms with Crippen molar-refractivity contribution in [2.24, 2.45) is 0 Å². The topological polar surface area (TPSA) is 36.9 Å². The molecule has 1 aliphatic rings. The van der Waals surface area contributed by atoms with E-state index in [1.807, 2.05) is 68.4 Å². The average Bonchev–Trinajstić information content (AvgIpc) is 3.06. The molecule has 2 aromatic rings. The molecule has 2 aromatic carbocycles. The number of aryl methyl sites for hydroxylation is 1. The first-order valence-corrected chi connectivity index (χ1v) is 10.1. The molecule has 0 spiro atoms. The lowest BCUT2D eigenvalue weighted by Crippen LogP contribution is -2.45. The largest absolute Gasteiger partial charge is 0.448 e. The Hall–Kier alpha value is -2.39. The molecule has 3 rings (SSSR count). The first-order chi connectivity index (χ1) is 14.1. The van der Waals surface area contributed by atoms with Crippen LogP contribution in [0.5, 0.6) is 5.75 Å². The summed E-state index contributed by atoms with van der Waals surface area (Å²) in [6.07, 6.45) is 6.02. The number of thiocarbonyl (C=S) groups is 1. The molecule has 0 aromatic heterocycles. The zero-order valence-electron chi connectivity index (χ0n) is 16.8. The molecule has 29 heavy (non-hydrogen) atoms. The van der Waals surface area contributed by atoms with E-state index in [0.717, 1.165) is 11.1 Å². The predicted molar refractivity (Wildman–Crippen MR) is 117 cm³/mol. The van der Waals surface area contributed by atoms with E-state index in [2.05, 4.69) is 5.92 Å². The Labute approximate surface area is 178 Å². The van der Waals surface area contributed by atoms with E-state index in [-0.39, 0.29) is 11.3 Å². The second-order valence-electron chi connectivity index (χ2n) is 7.15. The van der Waals surface area contributed by atoms with E-state index in [1.54, 1.807) is 0 Å². The minimum Gasteiger partial charge on any atom is -0.448 e. The van der Waals surface area contributed by atoms with Crippen molar-refractivity contribution in [3.05, 3.63) is 65.7 Å². The predicted octanol–water partition coefficient (Wildman–Crippen LogP) is 4.83. The van der Waals surface area contributed by atoms with Crippen molar-refractivity contribution in [2.45, 2.75) is 51.1 Å². The highest BCUT2D eigenvalue weighted by Crippen LogP contribution is 2.37. The van der Waals surface area contributed by atoms with Gasteiger partial charge in [0.2, 0.25) is 0 Å². The standard InChI is InChI=1S/C24H26O4S/c1-4-15-24(5-2)22(25-16-19-9-7-6-8-10-19)21(17-26-24)28-23(29)27-20-13-11-18(3)12-14-20/h1,6-14,21-22H,5,15-17H2,2-3H3/t21-,22-,24-/m0/s1. The summed E-state index contributed by atoms with van der Waals surface area (Å²) < 4.78 is 24.0. The van der Waals surface area contributed by atoms with Gasteiger partial charge < -0.3 is 18.9 Å². The van der Waals surface area contributed by atoms with Crippen LogP contribution < -0.4 is 4.74 Å². The SMILES string of the molecule is C#CC[C@]1(CC)OC[C@H](OC(=S)Oc2ccc(C)cc2)[C@@H]1OCc1ccccc1. The summed E-state index contributed by atoms with van der Waals surface area (Å²) in [5.41, 5.74) is 1.61. The summed E-state index contributed by atoms with van der Waals surface area (Å²) in [5.74, 6) is 3.36. The van der Waals surface area contributed by atoms with Gasteiger partial charge >= 0.3 is 5.24 Å². The molecule has 0 unspecified atom stereocenters. The Balaban J connectivity index is 1.70. The van der Waals surface area contributed by atoms with Crippen LogP contribution in [0.4, 0.5) is 0 Å². The smallest absolute Gasteiger partial charge is 0.358 e. The summed E-state index contributed by atoms with van der Waals surface area (Å²) in [6.45, 7) is 4.83. The van der Waals surface area contributed by atoms with Gasteiger partial charge in [0, 0.05) is 18.6 Å². The first kappa shape index (κ1) is 21.3. The minimum absolute atomic E-state index is 0.0448. The summed E-state index contributed by atoms with van der Waals surface area (Å²) in [4.78, 5) is 0. The van der Waals surface area contributed by atoms with Gasteiger partial charge in [-0.25, -0.2) is 0 Å². The third kappa shape index (κ3) is 5.36. The Morgan fingerprint density at radius 1 is 1.21 bits per heavy atom. The fourth-order valence-electron chi connectivity index (χ4n) is 3.47. The molecule has 1 saturated heterocycles. The number of rotatable bonds is 7. The van der Waals surface area contributed by atoms with Crippen LogP contribution in [-0.2, 0) is 20.8 Å². The van der Waals surface area contributed by atoms with Gasteiger partial charge in [-0.05, 0) is 31.0 Å². The Morgan fingerprint density at radius 3 is 2.59 bits per heavy atom. The van der Waals surface area contributed by atoms with E-state index < -0.39 is 11.7 Å². The van der Waals surface area contributed by atoms with Gasteiger partial charge in [0.15, 0.2) is 6.10 Å². The quantitative estimate of drug-likeness (QED) is 0.483. The maximum atomic E-state index is 6.27. The van der Waals surface area contributed by atoms with Crippen LogP contribution in [0, 0.1) is 19.3 Å². The highest BCUT2D eigenvalue weighted by Gasteiger charge is 2.51. The molecule has 0 bridgehead atoms. The summed E-state index contributed by atoms with van der Waals surface area (Å²) in [5, 5.41) is 0.0448. The lowest BCUT2D eigenvalue weighted by molar-refractivity contribution is -0.103. The summed E-state index contributed by atoms with van der Waals surface area (Å²) in [7, 11) is 0. The maximum Gasteiger partial charge on any atom is 0.358 e. The van der Waals surface area contributed by atoms with Crippen molar-refractivity contribution >= 4 is 17.5 Å². The Bertz CT molecular complexity index is 843. The van der Waals surface area contributed by atoms with Gasteiger partial charge in [0.1, 0.15) is 17.5 Å². The van der Waals surface area contributed by atoms with Gasteiger partial charge in [0.05, 0.1) is 13.2 Å². The second kappa shape index (κ2) is 9.89. The van der Waals surface area contributed by atoms with Crippen LogP contribution >= 0.6 is 12.2 Å². The van der Waals surface area contributed by atoms with Crippen molar-refractivity contribution in [1.29, 1.82) is 0 Å². The van der Waals surface area contributed by atoms with Gasteiger partial charge in [0.25, 0.3) is 0 Å². The fraction of sp³-hybridized carbons (Fsp3) is 0.375. The number of terminal acetylenes is 1. The molecule has 0 radical (unpaired) electrons. The van der Waals surface area contributed by atoms with Crippen molar-refractivity contribution in [1.82, 2.24) is 0 Å². The maximum absolute atomic E-state index is 6.27. The van der Waals surface area contributed by atoms with Crippen LogP contribution in [0.3, 0.4) is 0 Å². The highest BCUT2D eigenvalue weighted by molar-refractivity contribution is 7.79. The monoisotopic (exact) mass is 410 g/mol. The van der Waals surface area contributed by atoms with Crippen LogP contribution in [-0.4, -0.2) is 29.7 Å². The molecule has 4 nitrogen and oxygen atoms in total. The molecule has 1 fully saturated rings. The summed E-state index contributed by atoms with van der Waals surface area (Å²) in [6, 6.07) is 17.6. The molecular formula is C24H26O4S. The van der Waals surface area contributed by atoms with Gasteiger partial charge in [-0.1, -0.05) is 55.0 Å². The van der Waals surface area contributed by atoms with Crippen LogP contribution in [0.15, 0.2) is 54.6 Å². The lowest BCUT2D eigenvalue weighted by Gasteiger charge is -2.33. The van der Waals surface area contributed by atoms with Gasteiger partial charge in [-0.15, -0.1) is 12.3 Å². The zero-order chi connectivity index (χ0) is 20.7. The van der Waals surface area contributed by atoms with Gasteiger partial charge in [-0.2, -0.15) is 0 Å². The molecule has 3 atom stereocenters. The molecular weight excluding hydrogens is 384 g/mol. The van der Waals surface area contributed by atoms with Crippen molar-refractivity contribution in [3.8, 4) is 18.1 Å². The number of hydrogen-bond donors (Lipinski definition) is 0. The molecule has 1 aliphatic heterocycles. The molecule has 152 valence electrons. The van der Waals surface area contributed by atoms with Crippen LogP contribution in [0.25, 0.3) is 0 Å². The Morgan fingerprint density at radius 2 is 1.93 bits per heavy atom. The fourth-order valence-corrected chi connectivity index (χ4v) is 3.69. The van der Waals surface area contributed by atoms with E-state index in [0.29, 0.717) is 31.8 Å². The van der Waals surface area contributed by atoms with Crippen molar-refractivity contribution in [3.63, 3.8) is 0 Å².